The Morgan fingerprint density at radius 1 is 0.929 bits per heavy atom. The number of nitrogens with one attached hydrogen (secondary N) is 2. The Labute approximate surface area is 164 Å². The zero-order valence-electron chi connectivity index (χ0n) is 15.7. The molecular weight excluding hydrogens is 348 g/mol. The predicted molar refractivity (Wildman–Crippen MR) is 107 cm³/mol. The molecule has 0 radical (unpaired) electrons. The van der Waals surface area contributed by atoms with Gasteiger partial charge in [-0.05, 0) is 47.2 Å². The van der Waals surface area contributed by atoms with Crippen molar-refractivity contribution in [3.8, 4) is 0 Å². The first-order valence-electron chi connectivity index (χ1n) is 9.93. The van der Waals surface area contributed by atoms with Crippen molar-refractivity contribution in [2.24, 2.45) is 0 Å². The normalized spacial score (nSPS) is 18.9. The standard InChI is InChI=1S/C23H22N4O/c28-23(18-7-11-24-12-8-18)27-13-9-17(10-14-27)21-20-4-2-1-3-16(20)5-6-19-15-25-26-22(19)21/h1-4,7-8,11-12,15H,5-6,9-10,13-14H2,(H,25,26)/p+1. The van der Waals surface area contributed by atoms with Crippen LogP contribution in [0.5, 0.6) is 0 Å². The highest BCUT2D eigenvalue weighted by Crippen LogP contribution is 2.36. The molecule has 2 aliphatic rings. The molecule has 1 fully saturated rings. The number of hydrogen-bond donors (Lipinski definition) is 2. The second kappa shape index (κ2) is 7.17. The number of rotatable bonds is 1. The molecule has 0 atom stereocenters. The van der Waals surface area contributed by atoms with Gasteiger partial charge in [-0.3, -0.25) is 15.0 Å². The fraction of sp³-hybridized carbons (Fsp3) is 0.261. The van der Waals surface area contributed by atoms with Crippen molar-refractivity contribution in [3.05, 3.63) is 88.5 Å². The molecule has 1 aliphatic carbocycles. The Morgan fingerprint density at radius 2 is 1.68 bits per heavy atom. The van der Waals surface area contributed by atoms with Crippen LogP contribution < -0.4 is 4.90 Å². The molecule has 0 saturated carbocycles. The number of carbonyl (C=O) groups excluding carboxylic acids is 1. The van der Waals surface area contributed by atoms with E-state index in [1.807, 2.05) is 18.3 Å². The summed E-state index contributed by atoms with van der Waals surface area (Å²) in [5.74, 6) is 0.176. The minimum atomic E-state index is 0.176. The van der Waals surface area contributed by atoms with Crippen molar-refractivity contribution < 1.29 is 9.69 Å². The maximum Gasteiger partial charge on any atom is 0.344 e. The van der Waals surface area contributed by atoms with Crippen LogP contribution in [0.25, 0.3) is 5.57 Å². The predicted octanol–water partition coefficient (Wildman–Crippen LogP) is 2.22. The smallest absolute Gasteiger partial charge is 0.278 e. The molecule has 5 rings (SSSR count). The van der Waals surface area contributed by atoms with Gasteiger partial charge in [-0.15, -0.1) is 0 Å². The lowest BCUT2D eigenvalue weighted by Gasteiger charge is -2.26. The van der Waals surface area contributed by atoms with Gasteiger partial charge in [-0.25, -0.2) is 4.79 Å². The Kier molecular flexibility index (Phi) is 4.37. The average molecular weight is 371 g/mol. The molecule has 5 heteroatoms. The third-order valence-electron chi connectivity index (χ3n) is 5.99. The van der Waals surface area contributed by atoms with Gasteiger partial charge in [0.15, 0.2) is 0 Å². The summed E-state index contributed by atoms with van der Waals surface area (Å²) in [6.07, 6.45) is 9.24. The molecule has 0 bridgehead atoms. The minimum absolute atomic E-state index is 0.176. The second-order valence-electron chi connectivity index (χ2n) is 7.57. The van der Waals surface area contributed by atoms with Gasteiger partial charge in [-0.2, -0.15) is 5.10 Å². The zero-order chi connectivity index (χ0) is 18.9. The number of aromatic nitrogens is 3. The zero-order valence-corrected chi connectivity index (χ0v) is 15.7. The first-order valence-corrected chi connectivity index (χ1v) is 9.93. The first kappa shape index (κ1) is 17.1. The van der Waals surface area contributed by atoms with Crippen LogP contribution in [-0.4, -0.2) is 34.2 Å². The molecule has 140 valence electrons. The number of nitrogens with zero attached hydrogens (tertiary/aromatic N) is 2. The van der Waals surface area contributed by atoms with Crippen molar-refractivity contribution in [2.45, 2.75) is 25.7 Å². The molecule has 3 heterocycles. The Morgan fingerprint density at radius 3 is 2.50 bits per heavy atom. The lowest BCUT2D eigenvalue weighted by Crippen LogP contribution is -3.15. The second-order valence-corrected chi connectivity index (χ2v) is 7.57. The molecule has 2 aromatic heterocycles. The maximum absolute atomic E-state index is 12.8. The third-order valence-corrected chi connectivity index (χ3v) is 5.99. The number of carbonyl (C=O) groups is 1. The van der Waals surface area contributed by atoms with Gasteiger partial charge < -0.3 is 0 Å². The highest BCUT2D eigenvalue weighted by atomic mass is 16.2. The van der Waals surface area contributed by atoms with Crippen LogP contribution in [0.2, 0.25) is 0 Å². The summed E-state index contributed by atoms with van der Waals surface area (Å²) in [4.78, 5) is 17.8. The number of hydrogen-bond acceptors (Lipinski definition) is 3. The number of aryl methyl sites for hydroxylation is 2. The van der Waals surface area contributed by atoms with Gasteiger partial charge in [0.05, 0.1) is 30.5 Å². The van der Waals surface area contributed by atoms with Crippen LogP contribution >= 0.6 is 0 Å². The number of quaternary nitrogens is 1. The fourth-order valence-electron chi connectivity index (χ4n) is 4.51. The van der Waals surface area contributed by atoms with Gasteiger partial charge in [0.1, 0.15) is 0 Å². The number of aromatic amines is 1. The quantitative estimate of drug-likeness (QED) is 0.690. The summed E-state index contributed by atoms with van der Waals surface area (Å²) >= 11 is 0. The molecule has 3 aromatic rings. The summed E-state index contributed by atoms with van der Waals surface area (Å²) < 4.78 is 0. The minimum Gasteiger partial charge on any atom is -0.278 e. The van der Waals surface area contributed by atoms with E-state index in [9.17, 15) is 4.79 Å². The summed E-state index contributed by atoms with van der Waals surface area (Å²) in [5, 5.41) is 7.58. The molecule has 0 spiro atoms. The highest BCUT2D eigenvalue weighted by molar-refractivity contribution is 5.87. The SMILES string of the molecule is O=C(c1ccncc1)[NH+]1CCC(=C2c3ccccc3CCc3cn[nH]c32)CC1. The van der Waals surface area contributed by atoms with Gasteiger partial charge in [0.2, 0.25) is 0 Å². The number of benzene rings is 1. The van der Waals surface area contributed by atoms with E-state index in [4.69, 9.17) is 0 Å². The molecule has 5 nitrogen and oxygen atoms in total. The van der Waals surface area contributed by atoms with Gasteiger partial charge in [0, 0.05) is 30.8 Å². The Balaban J connectivity index is 1.48. The van der Waals surface area contributed by atoms with E-state index in [-0.39, 0.29) is 5.91 Å². The number of H-pyrrole nitrogens is 1. The monoisotopic (exact) mass is 371 g/mol. The van der Waals surface area contributed by atoms with E-state index in [1.165, 1.54) is 33.5 Å². The number of piperidine rings is 1. The van der Waals surface area contributed by atoms with Gasteiger partial charge >= 0.3 is 5.91 Å². The van der Waals surface area contributed by atoms with Crippen molar-refractivity contribution in [2.75, 3.05) is 13.1 Å². The van der Waals surface area contributed by atoms with E-state index in [2.05, 4.69) is 39.4 Å². The summed E-state index contributed by atoms with van der Waals surface area (Å²) in [5.41, 5.74) is 8.69. The third kappa shape index (κ3) is 2.98. The number of pyridine rings is 1. The molecule has 1 aromatic carbocycles. The summed E-state index contributed by atoms with van der Waals surface area (Å²) in [7, 11) is 0. The topological polar surface area (TPSA) is 63.1 Å². The van der Waals surface area contributed by atoms with Crippen LogP contribution in [0.1, 0.15) is 45.6 Å². The lowest BCUT2D eigenvalue weighted by molar-refractivity contribution is -0.817. The van der Waals surface area contributed by atoms with Crippen LogP contribution in [-0.2, 0) is 12.8 Å². The molecule has 28 heavy (non-hydrogen) atoms. The van der Waals surface area contributed by atoms with E-state index in [1.54, 1.807) is 12.4 Å². The van der Waals surface area contributed by atoms with Gasteiger partial charge in [0.25, 0.3) is 0 Å². The van der Waals surface area contributed by atoms with E-state index < -0.39 is 0 Å². The number of likely N-dealkylation sites (tertiary alicyclic amines) is 1. The molecular formula is C23H23N4O+. The van der Waals surface area contributed by atoms with Crippen LogP contribution in [0.4, 0.5) is 0 Å². The summed E-state index contributed by atoms with van der Waals surface area (Å²) in [6.45, 7) is 1.65. The largest absolute Gasteiger partial charge is 0.344 e. The Bertz CT molecular complexity index is 1040. The lowest BCUT2D eigenvalue weighted by atomic mass is 9.89. The van der Waals surface area contributed by atoms with Crippen LogP contribution in [0, 0.1) is 0 Å². The van der Waals surface area contributed by atoms with Gasteiger partial charge in [-0.1, -0.05) is 24.3 Å². The number of amides is 1. The fourth-order valence-corrected chi connectivity index (χ4v) is 4.51. The van der Waals surface area contributed by atoms with Crippen molar-refractivity contribution >= 4 is 11.5 Å². The molecule has 2 N–H and O–H groups in total. The highest BCUT2D eigenvalue weighted by Gasteiger charge is 2.29. The molecule has 1 amide bonds. The molecule has 0 unspecified atom stereocenters. The van der Waals surface area contributed by atoms with Crippen molar-refractivity contribution in [3.63, 3.8) is 0 Å². The number of fused-ring (bicyclic) bond motifs is 2. The summed E-state index contributed by atoms with van der Waals surface area (Å²) in [6, 6.07) is 12.3. The van der Waals surface area contributed by atoms with Crippen LogP contribution in [0.15, 0.2) is 60.6 Å². The molecule has 1 aliphatic heterocycles. The first-order chi connectivity index (χ1) is 13.8. The average Bonchev–Trinajstić information content (AvgIpc) is 3.16. The van der Waals surface area contributed by atoms with Crippen molar-refractivity contribution in [1.82, 2.24) is 15.2 Å². The molecule has 1 saturated heterocycles. The van der Waals surface area contributed by atoms with E-state index in [0.717, 1.165) is 49.2 Å². The van der Waals surface area contributed by atoms with E-state index >= 15 is 0 Å². The van der Waals surface area contributed by atoms with Crippen molar-refractivity contribution in [1.29, 1.82) is 0 Å². The van der Waals surface area contributed by atoms with E-state index in [0.29, 0.717) is 0 Å². The van der Waals surface area contributed by atoms with Crippen LogP contribution in [0.3, 0.4) is 0 Å². The Hall–Kier alpha value is -3.05. The maximum atomic E-state index is 12.8.